The highest BCUT2D eigenvalue weighted by molar-refractivity contribution is 5.88. The Bertz CT molecular complexity index is 1260. The Hall–Kier alpha value is -4.22. The van der Waals surface area contributed by atoms with Crippen molar-refractivity contribution in [1.82, 2.24) is 29.2 Å². The molecule has 4 N–H and O–H groups in total. The second kappa shape index (κ2) is 8.03. The van der Waals surface area contributed by atoms with Gasteiger partial charge in [0.15, 0.2) is 22.7 Å². The molecule has 12 heteroatoms. The normalized spacial score (nSPS) is 10.5. The van der Waals surface area contributed by atoms with Gasteiger partial charge < -0.3 is 20.9 Å². The highest BCUT2D eigenvalue weighted by Crippen LogP contribution is 2.12. The van der Waals surface area contributed by atoms with Gasteiger partial charge in [-0.3, -0.25) is 0 Å². The first-order valence-corrected chi connectivity index (χ1v) is 8.66. The number of hydrogen-bond donors (Lipinski definition) is 2. The van der Waals surface area contributed by atoms with E-state index in [4.69, 9.17) is 11.5 Å². The third kappa shape index (κ3) is 3.97. The van der Waals surface area contributed by atoms with Crippen LogP contribution in [0, 0.1) is 13.8 Å². The van der Waals surface area contributed by atoms with Crippen LogP contribution in [0.1, 0.15) is 32.4 Å². The van der Waals surface area contributed by atoms with Gasteiger partial charge in [0.25, 0.3) is 0 Å². The maximum atomic E-state index is 11.4. The number of ether oxygens (including phenoxy) is 2. The van der Waals surface area contributed by atoms with Crippen LogP contribution in [0.3, 0.4) is 0 Å². The molecule has 0 atom stereocenters. The Labute approximate surface area is 170 Å². The third-order valence-corrected chi connectivity index (χ3v) is 3.99. The summed E-state index contributed by atoms with van der Waals surface area (Å²) in [5.74, 6) is -0.250. The summed E-state index contributed by atoms with van der Waals surface area (Å²) in [6.07, 6.45) is 0. The maximum Gasteiger partial charge on any atom is 0.356 e. The standard InChI is InChI=1S/2C9H10N4O2/c1-5-3-6(9(14)15-2)11-8-4-7(10)12-13(5)8;1-5-3-6(9(14)15-2)13-8(11-5)4-7(10)12-13/h2*3-4H,1-2H3,(H2,10,12). The van der Waals surface area contributed by atoms with Crippen molar-refractivity contribution in [1.29, 1.82) is 0 Å². The van der Waals surface area contributed by atoms with Crippen LogP contribution < -0.4 is 11.5 Å². The van der Waals surface area contributed by atoms with Gasteiger partial charge in [0.1, 0.15) is 11.6 Å². The Balaban J connectivity index is 0.000000171. The highest BCUT2D eigenvalue weighted by Gasteiger charge is 2.14. The first-order chi connectivity index (χ1) is 14.2. The lowest BCUT2D eigenvalue weighted by Gasteiger charge is -2.02. The average Bonchev–Trinajstić information content (AvgIpc) is 3.27. The minimum absolute atomic E-state index is 0.252. The van der Waals surface area contributed by atoms with Crippen molar-refractivity contribution in [3.05, 3.63) is 47.0 Å². The summed E-state index contributed by atoms with van der Waals surface area (Å²) in [6, 6.07) is 6.40. The number of carbonyl (C=O) groups is 2. The summed E-state index contributed by atoms with van der Waals surface area (Å²) < 4.78 is 12.2. The molecular weight excluding hydrogens is 392 g/mol. The molecule has 0 spiro atoms. The Morgan fingerprint density at radius 3 is 2.00 bits per heavy atom. The van der Waals surface area contributed by atoms with Crippen molar-refractivity contribution in [3.63, 3.8) is 0 Å². The van der Waals surface area contributed by atoms with Crippen molar-refractivity contribution in [2.75, 3.05) is 25.7 Å². The fourth-order valence-corrected chi connectivity index (χ4v) is 2.72. The van der Waals surface area contributed by atoms with E-state index in [0.717, 1.165) is 5.69 Å². The van der Waals surface area contributed by atoms with Gasteiger partial charge in [0.05, 0.1) is 14.2 Å². The van der Waals surface area contributed by atoms with E-state index in [2.05, 4.69) is 29.6 Å². The molecule has 0 radical (unpaired) electrons. The number of aryl methyl sites for hydroxylation is 2. The Morgan fingerprint density at radius 1 is 0.833 bits per heavy atom. The lowest BCUT2D eigenvalue weighted by atomic mass is 10.3. The molecule has 0 amide bonds. The van der Waals surface area contributed by atoms with Gasteiger partial charge in [0, 0.05) is 23.5 Å². The third-order valence-electron chi connectivity index (χ3n) is 3.99. The molecule has 0 unspecified atom stereocenters. The number of anilines is 2. The molecule has 0 bridgehead atoms. The summed E-state index contributed by atoms with van der Waals surface area (Å²) in [4.78, 5) is 31.0. The van der Waals surface area contributed by atoms with Crippen molar-refractivity contribution in [2.45, 2.75) is 13.8 Å². The van der Waals surface area contributed by atoms with E-state index in [9.17, 15) is 9.59 Å². The van der Waals surface area contributed by atoms with Crippen molar-refractivity contribution in [3.8, 4) is 0 Å². The smallest absolute Gasteiger partial charge is 0.356 e. The number of nitrogen functional groups attached to an aromatic ring is 2. The zero-order chi connectivity index (χ0) is 22.0. The monoisotopic (exact) mass is 412 g/mol. The summed E-state index contributed by atoms with van der Waals surface area (Å²) in [6.45, 7) is 3.60. The number of hydrogen-bond acceptors (Lipinski definition) is 10. The van der Waals surface area contributed by atoms with Crippen LogP contribution in [0.15, 0.2) is 24.3 Å². The number of methoxy groups -OCH3 is 2. The second-order valence-electron chi connectivity index (χ2n) is 6.23. The van der Waals surface area contributed by atoms with Gasteiger partial charge in [-0.05, 0) is 26.0 Å². The number of esters is 2. The second-order valence-corrected chi connectivity index (χ2v) is 6.23. The summed E-state index contributed by atoms with van der Waals surface area (Å²) >= 11 is 0. The first-order valence-electron chi connectivity index (χ1n) is 8.66. The van der Waals surface area contributed by atoms with Gasteiger partial charge in [-0.1, -0.05) is 0 Å². The number of nitrogens with two attached hydrogens (primary N) is 2. The molecule has 0 aliphatic heterocycles. The first kappa shape index (κ1) is 20.5. The average molecular weight is 412 g/mol. The predicted molar refractivity (Wildman–Crippen MR) is 107 cm³/mol. The molecule has 30 heavy (non-hydrogen) atoms. The van der Waals surface area contributed by atoms with Crippen LogP contribution in [0.5, 0.6) is 0 Å². The number of nitrogens with zero attached hydrogens (tertiary/aromatic N) is 6. The van der Waals surface area contributed by atoms with Crippen LogP contribution in [0.25, 0.3) is 11.3 Å². The van der Waals surface area contributed by atoms with E-state index >= 15 is 0 Å². The minimum atomic E-state index is -0.472. The van der Waals surface area contributed by atoms with Gasteiger partial charge in [-0.25, -0.2) is 28.6 Å². The van der Waals surface area contributed by atoms with Gasteiger partial charge in [-0.2, -0.15) is 0 Å². The predicted octanol–water partition coefficient (Wildman–Crippen LogP) is 0.813. The van der Waals surface area contributed by atoms with Crippen LogP contribution in [0.4, 0.5) is 11.6 Å². The highest BCUT2D eigenvalue weighted by atomic mass is 16.5. The number of aromatic nitrogens is 6. The fraction of sp³-hybridized carbons (Fsp3) is 0.222. The van der Waals surface area contributed by atoms with Crippen LogP contribution >= 0.6 is 0 Å². The van der Waals surface area contributed by atoms with Crippen molar-refractivity contribution in [2.24, 2.45) is 0 Å². The zero-order valence-electron chi connectivity index (χ0n) is 16.8. The molecule has 0 aliphatic carbocycles. The SMILES string of the molecule is COC(=O)c1cc(C)n2nc(N)cc2n1.COC(=O)c1cc(C)nc2cc(N)nn12. The molecule has 4 aromatic rings. The number of fused-ring (bicyclic) bond motifs is 2. The minimum Gasteiger partial charge on any atom is -0.464 e. The van der Waals surface area contributed by atoms with Gasteiger partial charge >= 0.3 is 11.9 Å². The molecule has 0 aromatic carbocycles. The van der Waals surface area contributed by atoms with E-state index in [0.29, 0.717) is 34.3 Å². The van der Waals surface area contributed by atoms with E-state index < -0.39 is 11.9 Å². The Kier molecular flexibility index (Phi) is 5.49. The van der Waals surface area contributed by atoms with Crippen LogP contribution in [-0.2, 0) is 9.47 Å². The molecule has 4 aromatic heterocycles. The van der Waals surface area contributed by atoms with Crippen LogP contribution in [-0.4, -0.2) is 55.4 Å². The molecule has 0 saturated heterocycles. The maximum absolute atomic E-state index is 11.4. The molecule has 0 fully saturated rings. The lowest BCUT2D eigenvalue weighted by Crippen LogP contribution is -2.10. The largest absolute Gasteiger partial charge is 0.464 e. The topological polar surface area (TPSA) is 165 Å². The zero-order valence-corrected chi connectivity index (χ0v) is 16.8. The van der Waals surface area contributed by atoms with E-state index in [-0.39, 0.29) is 5.69 Å². The van der Waals surface area contributed by atoms with Crippen molar-refractivity contribution < 1.29 is 19.1 Å². The van der Waals surface area contributed by atoms with Crippen molar-refractivity contribution >= 4 is 34.9 Å². The molecule has 156 valence electrons. The lowest BCUT2D eigenvalue weighted by molar-refractivity contribution is 0.0583. The summed E-state index contributed by atoms with van der Waals surface area (Å²) in [5.41, 5.74) is 14.2. The molecule has 0 saturated carbocycles. The number of carbonyl (C=O) groups excluding carboxylic acids is 2. The molecule has 0 aliphatic rings. The van der Waals surface area contributed by atoms with Gasteiger partial charge in [-0.15, -0.1) is 10.2 Å². The molecule has 4 heterocycles. The molecule has 4 rings (SSSR count). The Morgan fingerprint density at radius 2 is 1.40 bits per heavy atom. The quantitative estimate of drug-likeness (QED) is 0.450. The summed E-state index contributed by atoms with van der Waals surface area (Å²) in [7, 11) is 2.63. The van der Waals surface area contributed by atoms with E-state index in [1.165, 1.54) is 18.7 Å². The van der Waals surface area contributed by atoms with Gasteiger partial charge in [0.2, 0.25) is 0 Å². The van der Waals surface area contributed by atoms with E-state index in [1.54, 1.807) is 35.7 Å². The van der Waals surface area contributed by atoms with E-state index in [1.807, 2.05) is 6.92 Å². The summed E-state index contributed by atoms with van der Waals surface area (Å²) in [5, 5.41) is 7.97. The molecule has 12 nitrogen and oxygen atoms in total. The molecular formula is C18H20N8O4. The number of rotatable bonds is 2. The van der Waals surface area contributed by atoms with Crippen LogP contribution in [0.2, 0.25) is 0 Å². The fourth-order valence-electron chi connectivity index (χ4n) is 2.72.